The van der Waals surface area contributed by atoms with E-state index in [-0.39, 0.29) is 24.5 Å². The second kappa shape index (κ2) is 47.1. The molecule has 1 unspecified atom stereocenters. The number of hydrogen-bond acceptors (Lipinski definition) is 4. The van der Waals surface area contributed by atoms with Crippen LogP contribution < -0.4 is 5.32 Å². The SMILES string of the molecule is CC/C=C\C/C=C\C/C=C\C/C=C\CCCCCCCCCCCCC(=O)OC(CCCCCCCCCCCCCCC)CCCCCCCC(=O)NCC(=O)O. The third-order valence-corrected chi connectivity index (χ3v) is 11.0. The Bertz CT molecular complexity index is 1030. The lowest BCUT2D eigenvalue weighted by Crippen LogP contribution is -2.28. The van der Waals surface area contributed by atoms with Crippen LogP contribution in [-0.2, 0) is 19.1 Å². The average molecular weight is 812 g/mol. The molecule has 0 radical (unpaired) electrons. The first-order valence-electron chi connectivity index (χ1n) is 24.8. The zero-order valence-corrected chi connectivity index (χ0v) is 38.1. The number of rotatable bonds is 45. The molecule has 0 aliphatic rings. The number of unbranched alkanes of at least 4 members (excludes halogenated alkanes) is 26. The number of carboxylic acid groups (broad SMARTS) is 1. The Kier molecular flexibility index (Phi) is 44.9. The third-order valence-electron chi connectivity index (χ3n) is 11.0. The van der Waals surface area contributed by atoms with Crippen LogP contribution in [0.4, 0.5) is 0 Å². The molecular formula is C52H93NO5. The third kappa shape index (κ3) is 46.1. The summed E-state index contributed by atoms with van der Waals surface area (Å²) in [6.45, 7) is 4.13. The fourth-order valence-electron chi connectivity index (χ4n) is 7.39. The van der Waals surface area contributed by atoms with Crippen molar-refractivity contribution in [1.29, 1.82) is 0 Å². The van der Waals surface area contributed by atoms with Crippen LogP contribution in [0.2, 0.25) is 0 Å². The number of carbonyl (C=O) groups excluding carboxylic acids is 2. The lowest BCUT2D eigenvalue weighted by Gasteiger charge is -2.18. The van der Waals surface area contributed by atoms with Gasteiger partial charge >= 0.3 is 11.9 Å². The molecule has 0 aliphatic carbocycles. The largest absolute Gasteiger partial charge is 0.480 e. The van der Waals surface area contributed by atoms with Crippen molar-refractivity contribution < 1.29 is 24.2 Å². The maximum absolute atomic E-state index is 12.8. The number of carboxylic acids is 1. The molecular weight excluding hydrogens is 719 g/mol. The van der Waals surface area contributed by atoms with Gasteiger partial charge in [-0.25, -0.2) is 0 Å². The van der Waals surface area contributed by atoms with E-state index >= 15 is 0 Å². The van der Waals surface area contributed by atoms with Crippen LogP contribution >= 0.6 is 0 Å². The Hall–Kier alpha value is -2.63. The van der Waals surface area contributed by atoms with Crippen LogP contribution in [0.25, 0.3) is 0 Å². The number of carbonyl (C=O) groups is 3. The standard InChI is InChI=1S/C52H93NO5/c1-3-5-7-9-11-13-15-17-18-19-20-21-22-23-24-25-26-28-30-32-34-39-43-47-52(57)58-49(45-41-37-35-38-42-46-50(54)53-48-51(55)56)44-40-36-33-31-29-27-16-14-12-10-8-6-4-2/h5,7,11,13,17-18,20-21,49H,3-4,6,8-10,12,14-16,19,22-48H2,1-2H3,(H,53,54)(H,55,56)/b7-5-,13-11-,18-17-,21-20-. The summed E-state index contributed by atoms with van der Waals surface area (Å²) in [4.78, 5) is 35.2. The summed E-state index contributed by atoms with van der Waals surface area (Å²) < 4.78 is 6.06. The molecule has 2 N–H and O–H groups in total. The Balaban J connectivity index is 4.07. The second-order valence-electron chi connectivity index (χ2n) is 16.7. The van der Waals surface area contributed by atoms with Gasteiger partial charge in [-0.3, -0.25) is 14.4 Å². The van der Waals surface area contributed by atoms with Crippen LogP contribution in [0.1, 0.15) is 251 Å². The summed E-state index contributed by atoms with van der Waals surface area (Å²) in [5.74, 6) is -1.22. The van der Waals surface area contributed by atoms with E-state index in [0.717, 1.165) is 89.9 Å². The van der Waals surface area contributed by atoms with Crippen molar-refractivity contribution in [2.75, 3.05) is 6.54 Å². The predicted molar refractivity (Wildman–Crippen MR) is 249 cm³/mol. The van der Waals surface area contributed by atoms with Gasteiger partial charge in [0, 0.05) is 12.8 Å². The molecule has 1 atom stereocenters. The highest BCUT2D eigenvalue weighted by molar-refractivity contribution is 5.80. The zero-order valence-electron chi connectivity index (χ0n) is 38.1. The van der Waals surface area contributed by atoms with Gasteiger partial charge in [0.2, 0.25) is 5.91 Å². The van der Waals surface area contributed by atoms with Gasteiger partial charge in [0.15, 0.2) is 0 Å². The first-order chi connectivity index (χ1) is 28.5. The van der Waals surface area contributed by atoms with Gasteiger partial charge in [0.25, 0.3) is 0 Å². The van der Waals surface area contributed by atoms with E-state index in [1.54, 1.807) is 0 Å². The van der Waals surface area contributed by atoms with E-state index in [1.165, 1.54) is 135 Å². The molecule has 58 heavy (non-hydrogen) atoms. The molecule has 336 valence electrons. The van der Waals surface area contributed by atoms with Gasteiger partial charge in [-0.05, 0) is 77.0 Å². The molecule has 0 fully saturated rings. The molecule has 0 saturated carbocycles. The van der Waals surface area contributed by atoms with E-state index in [1.807, 2.05) is 0 Å². The van der Waals surface area contributed by atoms with Crippen LogP contribution in [0.15, 0.2) is 48.6 Å². The van der Waals surface area contributed by atoms with Gasteiger partial charge in [0.05, 0.1) is 0 Å². The summed E-state index contributed by atoms with van der Waals surface area (Å²) in [5, 5.41) is 11.1. The second-order valence-corrected chi connectivity index (χ2v) is 16.7. The molecule has 0 bridgehead atoms. The number of nitrogens with one attached hydrogen (secondary N) is 1. The van der Waals surface area contributed by atoms with E-state index in [2.05, 4.69) is 67.8 Å². The molecule has 0 aliphatic heterocycles. The number of esters is 1. The van der Waals surface area contributed by atoms with E-state index in [0.29, 0.717) is 12.8 Å². The normalized spacial score (nSPS) is 12.4. The maximum atomic E-state index is 12.8. The van der Waals surface area contributed by atoms with Crippen molar-refractivity contribution in [3.63, 3.8) is 0 Å². The lowest BCUT2D eigenvalue weighted by molar-refractivity contribution is -0.150. The van der Waals surface area contributed by atoms with Crippen molar-refractivity contribution >= 4 is 17.8 Å². The van der Waals surface area contributed by atoms with Crippen molar-refractivity contribution in [2.45, 2.75) is 258 Å². The van der Waals surface area contributed by atoms with Crippen molar-refractivity contribution in [1.82, 2.24) is 5.32 Å². The van der Waals surface area contributed by atoms with Gasteiger partial charge in [0.1, 0.15) is 12.6 Å². The van der Waals surface area contributed by atoms with Crippen LogP contribution in [0.3, 0.4) is 0 Å². The van der Waals surface area contributed by atoms with Gasteiger partial charge in [-0.15, -0.1) is 0 Å². The van der Waals surface area contributed by atoms with Crippen molar-refractivity contribution in [2.24, 2.45) is 0 Å². The topological polar surface area (TPSA) is 92.7 Å². The van der Waals surface area contributed by atoms with E-state index in [9.17, 15) is 14.4 Å². The summed E-state index contributed by atoms with van der Waals surface area (Å²) in [6.07, 6.45) is 61.1. The minimum Gasteiger partial charge on any atom is -0.480 e. The number of aliphatic carboxylic acids is 1. The lowest BCUT2D eigenvalue weighted by atomic mass is 10.0. The van der Waals surface area contributed by atoms with Crippen molar-refractivity contribution in [3.05, 3.63) is 48.6 Å². The molecule has 0 spiro atoms. The molecule has 1 amide bonds. The van der Waals surface area contributed by atoms with Gasteiger partial charge in [-0.2, -0.15) is 0 Å². The summed E-state index contributed by atoms with van der Waals surface area (Å²) in [7, 11) is 0. The summed E-state index contributed by atoms with van der Waals surface area (Å²) in [5.41, 5.74) is 0. The number of ether oxygens (including phenoxy) is 1. The average Bonchev–Trinajstić information content (AvgIpc) is 3.21. The molecule has 0 aromatic rings. The van der Waals surface area contributed by atoms with Crippen LogP contribution in [-0.4, -0.2) is 35.6 Å². The number of hydrogen-bond donors (Lipinski definition) is 2. The Morgan fingerprint density at radius 2 is 0.845 bits per heavy atom. The Morgan fingerprint density at radius 3 is 1.29 bits per heavy atom. The molecule has 6 heteroatoms. The molecule has 0 saturated heterocycles. The highest BCUT2D eigenvalue weighted by Crippen LogP contribution is 2.19. The predicted octanol–water partition coefficient (Wildman–Crippen LogP) is 15.8. The zero-order chi connectivity index (χ0) is 42.3. The Morgan fingerprint density at radius 1 is 0.466 bits per heavy atom. The van der Waals surface area contributed by atoms with E-state index in [4.69, 9.17) is 9.84 Å². The summed E-state index contributed by atoms with van der Waals surface area (Å²) in [6, 6.07) is 0. The highest BCUT2D eigenvalue weighted by atomic mass is 16.5. The fourth-order valence-corrected chi connectivity index (χ4v) is 7.39. The minimum atomic E-state index is -1.01. The van der Waals surface area contributed by atoms with Crippen LogP contribution in [0.5, 0.6) is 0 Å². The number of allylic oxidation sites excluding steroid dienone is 8. The highest BCUT2D eigenvalue weighted by Gasteiger charge is 2.14. The van der Waals surface area contributed by atoms with Gasteiger partial charge in [-0.1, -0.05) is 210 Å². The van der Waals surface area contributed by atoms with Crippen molar-refractivity contribution in [3.8, 4) is 0 Å². The van der Waals surface area contributed by atoms with E-state index < -0.39 is 5.97 Å². The number of amides is 1. The van der Waals surface area contributed by atoms with Gasteiger partial charge < -0.3 is 15.2 Å². The molecule has 0 aromatic carbocycles. The first-order valence-corrected chi connectivity index (χ1v) is 24.8. The minimum absolute atomic E-state index is 0.0164. The molecule has 0 heterocycles. The smallest absolute Gasteiger partial charge is 0.322 e. The quantitative estimate of drug-likeness (QED) is 0.0363. The summed E-state index contributed by atoms with van der Waals surface area (Å²) >= 11 is 0. The Labute approximate surface area is 359 Å². The molecule has 0 aromatic heterocycles. The fraction of sp³-hybridized carbons (Fsp3) is 0.788. The monoisotopic (exact) mass is 812 g/mol. The molecule has 6 nitrogen and oxygen atoms in total. The first kappa shape index (κ1) is 55.4. The van der Waals surface area contributed by atoms with Crippen LogP contribution in [0, 0.1) is 0 Å². The molecule has 0 rings (SSSR count). The maximum Gasteiger partial charge on any atom is 0.322 e.